The average molecular weight is 389 g/mol. The second kappa shape index (κ2) is 6.09. The molecule has 2 aromatic carbocycles. The van der Waals surface area contributed by atoms with Crippen LogP contribution in [0.2, 0.25) is 0 Å². The minimum atomic E-state index is -0.0206. The molecule has 3 N–H and O–H groups in total. The van der Waals surface area contributed by atoms with Crippen molar-refractivity contribution < 1.29 is 0 Å². The van der Waals surface area contributed by atoms with Crippen molar-refractivity contribution >= 4 is 33.5 Å². The Kier molecular flexibility index (Phi) is 4.19. The molecule has 0 saturated carbocycles. The van der Waals surface area contributed by atoms with Crippen molar-refractivity contribution in [1.29, 1.82) is 0 Å². The van der Waals surface area contributed by atoms with E-state index in [0.29, 0.717) is 0 Å². The third kappa shape index (κ3) is 3.07. The van der Waals surface area contributed by atoms with Gasteiger partial charge in [0.1, 0.15) is 0 Å². The molecule has 0 saturated heterocycles. The van der Waals surface area contributed by atoms with Crippen LogP contribution in [-0.2, 0) is 0 Å². The summed E-state index contributed by atoms with van der Waals surface area (Å²) in [7, 11) is 0. The van der Waals surface area contributed by atoms with E-state index in [4.69, 9.17) is 5.84 Å². The Bertz CT molecular complexity index is 769. The van der Waals surface area contributed by atoms with Crippen molar-refractivity contribution in [2.45, 2.75) is 13.0 Å². The number of fused-ring (bicyclic) bond motifs is 1. The summed E-state index contributed by atoms with van der Waals surface area (Å²) in [6, 6.07) is 18.8. The molecular weight excluding hydrogens is 373 g/mol. The fourth-order valence-corrected chi connectivity index (χ4v) is 2.83. The lowest BCUT2D eigenvalue weighted by Gasteiger charge is -2.17. The SMILES string of the molecule is Cc1ccc2cc(C(NN)c3ccc(I)cc3)ccc2n1. The van der Waals surface area contributed by atoms with Crippen molar-refractivity contribution in [2.75, 3.05) is 0 Å². The van der Waals surface area contributed by atoms with Crippen LogP contribution >= 0.6 is 22.6 Å². The van der Waals surface area contributed by atoms with Gasteiger partial charge >= 0.3 is 0 Å². The Morgan fingerprint density at radius 1 is 1.00 bits per heavy atom. The van der Waals surface area contributed by atoms with Crippen molar-refractivity contribution in [3.63, 3.8) is 0 Å². The van der Waals surface area contributed by atoms with E-state index in [1.807, 2.05) is 13.0 Å². The number of benzene rings is 2. The summed E-state index contributed by atoms with van der Waals surface area (Å²) in [5.74, 6) is 5.78. The summed E-state index contributed by atoms with van der Waals surface area (Å²) in [6.07, 6.45) is 0. The molecule has 1 aromatic heterocycles. The summed E-state index contributed by atoms with van der Waals surface area (Å²) < 4.78 is 1.21. The number of nitrogens with zero attached hydrogens (tertiary/aromatic N) is 1. The minimum Gasteiger partial charge on any atom is -0.271 e. The first-order valence-electron chi connectivity index (χ1n) is 6.76. The van der Waals surface area contributed by atoms with Crippen LogP contribution in [0.1, 0.15) is 22.9 Å². The number of nitrogens with two attached hydrogens (primary N) is 1. The molecule has 0 fully saturated rings. The standard InChI is InChI=1S/C17H16IN3/c1-11-2-3-13-10-14(6-9-16(13)20-11)17(21-19)12-4-7-15(18)8-5-12/h2-10,17,21H,19H2,1H3. The number of aromatic nitrogens is 1. The van der Waals surface area contributed by atoms with Crippen molar-refractivity contribution in [1.82, 2.24) is 10.4 Å². The summed E-state index contributed by atoms with van der Waals surface area (Å²) in [6.45, 7) is 2.00. The third-order valence-electron chi connectivity index (χ3n) is 3.56. The van der Waals surface area contributed by atoms with Gasteiger partial charge in [-0.05, 0) is 71.0 Å². The van der Waals surface area contributed by atoms with E-state index in [1.54, 1.807) is 0 Å². The van der Waals surface area contributed by atoms with Crippen LogP contribution in [0.4, 0.5) is 0 Å². The third-order valence-corrected chi connectivity index (χ3v) is 4.27. The van der Waals surface area contributed by atoms with Crippen LogP contribution in [0.25, 0.3) is 10.9 Å². The zero-order valence-electron chi connectivity index (χ0n) is 11.7. The van der Waals surface area contributed by atoms with Crippen molar-refractivity contribution in [3.8, 4) is 0 Å². The monoisotopic (exact) mass is 389 g/mol. The van der Waals surface area contributed by atoms with Gasteiger partial charge in [0.25, 0.3) is 0 Å². The molecule has 4 heteroatoms. The Balaban J connectivity index is 2.04. The van der Waals surface area contributed by atoms with E-state index >= 15 is 0 Å². The highest BCUT2D eigenvalue weighted by Gasteiger charge is 2.12. The van der Waals surface area contributed by atoms with Crippen molar-refractivity contribution in [2.24, 2.45) is 5.84 Å². The van der Waals surface area contributed by atoms with Crippen LogP contribution in [-0.4, -0.2) is 4.98 Å². The quantitative estimate of drug-likeness (QED) is 0.408. The highest BCUT2D eigenvalue weighted by molar-refractivity contribution is 14.1. The predicted molar refractivity (Wildman–Crippen MR) is 94.8 cm³/mol. The lowest BCUT2D eigenvalue weighted by Crippen LogP contribution is -2.28. The van der Waals surface area contributed by atoms with Gasteiger partial charge in [0.05, 0.1) is 11.6 Å². The van der Waals surface area contributed by atoms with Crippen LogP contribution in [0.3, 0.4) is 0 Å². The zero-order chi connectivity index (χ0) is 14.8. The number of halogens is 1. The molecule has 0 radical (unpaired) electrons. The van der Waals surface area contributed by atoms with Gasteiger partial charge in [0.2, 0.25) is 0 Å². The van der Waals surface area contributed by atoms with Crippen LogP contribution in [0, 0.1) is 10.5 Å². The fraction of sp³-hybridized carbons (Fsp3) is 0.118. The van der Waals surface area contributed by atoms with Gasteiger partial charge in [-0.1, -0.05) is 24.3 Å². The summed E-state index contributed by atoms with van der Waals surface area (Å²) in [4.78, 5) is 4.53. The molecular formula is C17H16IN3. The first-order valence-corrected chi connectivity index (χ1v) is 7.84. The number of rotatable bonds is 3. The number of nitrogens with one attached hydrogen (secondary N) is 1. The minimum absolute atomic E-state index is 0.0206. The van der Waals surface area contributed by atoms with Gasteiger partial charge in [0, 0.05) is 14.7 Å². The van der Waals surface area contributed by atoms with Crippen LogP contribution < -0.4 is 11.3 Å². The molecule has 1 unspecified atom stereocenters. The average Bonchev–Trinajstić information content (AvgIpc) is 2.50. The number of pyridine rings is 1. The smallest absolute Gasteiger partial charge is 0.0710 e. The van der Waals surface area contributed by atoms with Gasteiger partial charge in [-0.2, -0.15) is 0 Å². The first kappa shape index (κ1) is 14.4. The molecule has 0 aliphatic rings. The van der Waals surface area contributed by atoms with E-state index in [1.165, 1.54) is 3.57 Å². The largest absolute Gasteiger partial charge is 0.271 e. The van der Waals surface area contributed by atoms with E-state index in [2.05, 4.69) is 81.5 Å². The maximum Gasteiger partial charge on any atom is 0.0710 e. The Morgan fingerprint density at radius 2 is 1.71 bits per heavy atom. The number of hydrazine groups is 1. The Labute approximate surface area is 137 Å². The molecule has 0 amide bonds. The van der Waals surface area contributed by atoms with E-state index in [0.717, 1.165) is 27.7 Å². The van der Waals surface area contributed by atoms with Crippen molar-refractivity contribution in [3.05, 3.63) is 75.0 Å². The molecule has 0 bridgehead atoms. The number of hydrogen-bond donors (Lipinski definition) is 2. The van der Waals surface area contributed by atoms with Crippen LogP contribution in [0.15, 0.2) is 54.6 Å². The lowest BCUT2D eigenvalue weighted by atomic mass is 9.98. The molecule has 1 heterocycles. The molecule has 1 atom stereocenters. The highest BCUT2D eigenvalue weighted by atomic mass is 127. The molecule has 3 nitrogen and oxygen atoms in total. The molecule has 106 valence electrons. The second-order valence-corrected chi connectivity index (χ2v) is 6.30. The van der Waals surface area contributed by atoms with Gasteiger partial charge in [-0.3, -0.25) is 10.8 Å². The second-order valence-electron chi connectivity index (χ2n) is 5.06. The molecule has 21 heavy (non-hydrogen) atoms. The summed E-state index contributed by atoms with van der Waals surface area (Å²) in [5, 5.41) is 1.13. The number of hydrogen-bond acceptors (Lipinski definition) is 3. The van der Waals surface area contributed by atoms with Crippen LogP contribution in [0.5, 0.6) is 0 Å². The topological polar surface area (TPSA) is 50.9 Å². The molecule has 3 rings (SSSR count). The van der Waals surface area contributed by atoms with Gasteiger partial charge in [-0.25, -0.2) is 5.43 Å². The zero-order valence-corrected chi connectivity index (χ0v) is 13.8. The predicted octanol–water partition coefficient (Wildman–Crippen LogP) is 3.70. The molecule has 0 spiro atoms. The Hall–Kier alpha value is -1.50. The first-order chi connectivity index (χ1) is 10.2. The maximum atomic E-state index is 5.78. The maximum absolute atomic E-state index is 5.78. The summed E-state index contributed by atoms with van der Waals surface area (Å²) >= 11 is 2.30. The van der Waals surface area contributed by atoms with E-state index in [9.17, 15) is 0 Å². The Morgan fingerprint density at radius 3 is 2.43 bits per heavy atom. The molecule has 0 aliphatic heterocycles. The number of aryl methyl sites for hydroxylation is 1. The molecule has 3 aromatic rings. The highest BCUT2D eigenvalue weighted by Crippen LogP contribution is 2.25. The van der Waals surface area contributed by atoms with E-state index in [-0.39, 0.29) is 6.04 Å². The molecule has 0 aliphatic carbocycles. The van der Waals surface area contributed by atoms with Gasteiger partial charge in [-0.15, -0.1) is 0 Å². The van der Waals surface area contributed by atoms with Gasteiger partial charge in [0.15, 0.2) is 0 Å². The summed E-state index contributed by atoms with van der Waals surface area (Å²) in [5.41, 5.74) is 7.23. The lowest BCUT2D eigenvalue weighted by molar-refractivity contribution is 0.637. The normalized spacial score (nSPS) is 12.5. The fourth-order valence-electron chi connectivity index (χ4n) is 2.47. The van der Waals surface area contributed by atoms with Gasteiger partial charge < -0.3 is 0 Å². The van der Waals surface area contributed by atoms with E-state index < -0.39 is 0 Å².